The Kier molecular flexibility index (Phi) is 4.73. The van der Waals surface area contributed by atoms with Gasteiger partial charge >= 0.3 is 0 Å². The van der Waals surface area contributed by atoms with Crippen molar-refractivity contribution >= 4 is 23.3 Å². The summed E-state index contributed by atoms with van der Waals surface area (Å²) in [6.45, 7) is -0.171. The summed E-state index contributed by atoms with van der Waals surface area (Å²) in [6.07, 6.45) is 1.30. The van der Waals surface area contributed by atoms with Crippen molar-refractivity contribution in [2.24, 2.45) is 0 Å². The summed E-state index contributed by atoms with van der Waals surface area (Å²) in [5.74, 6) is 0.794. The topological polar surface area (TPSA) is 73.3 Å². The number of nitrogens with zero attached hydrogens (tertiary/aromatic N) is 2. The molecule has 0 saturated heterocycles. The summed E-state index contributed by atoms with van der Waals surface area (Å²) in [5.41, 5.74) is 0. The number of aromatic nitrogens is 2. The van der Waals surface area contributed by atoms with E-state index < -0.39 is 0 Å². The van der Waals surface area contributed by atoms with Gasteiger partial charge in [0.25, 0.3) is 5.91 Å². The van der Waals surface area contributed by atoms with E-state index in [-0.39, 0.29) is 12.5 Å². The van der Waals surface area contributed by atoms with Gasteiger partial charge in [0.05, 0.1) is 12.1 Å². The Balaban J connectivity index is 1.91. The molecule has 0 spiro atoms. The predicted molar refractivity (Wildman–Crippen MR) is 74.2 cm³/mol. The maximum Gasteiger partial charge on any atom is 0.263 e. The lowest BCUT2D eigenvalue weighted by atomic mass is 10.3. The SMILES string of the molecule is COc1cc(NC(=O)COc2ccccc2Cl)ncn1. The number of methoxy groups -OCH3 is 1. The zero-order chi connectivity index (χ0) is 14.4. The van der Waals surface area contributed by atoms with E-state index in [2.05, 4.69) is 15.3 Å². The monoisotopic (exact) mass is 293 g/mol. The van der Waals surface area contributed by atoms with E-state index in [1.807, 2.05) is 0 Å². The van der Waals surface area contributed by atoms with Crippen LogP contribution in [-0.2, 0) is 4.79 Å². The second-order valence-electron chi connectivity index (χ2n) is 3.71. The molecule has 0 radical (unpaired) electrons. The number of amides is 1. The van der Waals surface area contributed by atoms with Crippen molar-refractivity contribution in [3.05, 3.63) is 41.7 Å². The minimum atomic E-state index is -0.356. The zero-order valence-electron chi connectivity index (χ0n) is 10.7. The van der Waals surface area contributed by atoms with Crippen molar-refractivity contribution in [2.75, 3.05) is 19.0 Å². The summed E-state index contributed by atoms with van der Waals surface area (Å²) in [5, 5.41) is 3.02. The molecule has 1 heterocycles. The van der Waals surface area contributed by atoms with Crippen LogP contribution in [0, 0.1) is 0 Å². The number of rotatable bonds is 5. The van der Waals surface area contributed by atoms with Gasteiger partial charge in [0.15, 0.2) is 6.61 Å². The van der Waals surface area contributed by atoms with Gasteiger partial charge in [-0.25, -0.2) is 9.97 Å². The van der Waals surface area contributed by atoms with Gasteiger partial charge in [-0.05, 0) is 12.1 Å². The fourth-order valence-electron chi connectivity index (χ4n) is 1.40. The number of hydrogen-bond acceptors (Lipinski definition) is 5. The Labute approximate surface area is 120 Å². The number of carbonyl (C=O) groups is 1. The van der Waals surface area contributed by atoms with Crippen molar-refractivity contribution in [1.29, 1.82) is 0 Å². The van der Waals surface area contributed by atoms with Gasteiger partial charge in [0.2, 0.25) is 5.88 Å². The first kappa shape index (κ1) is 14.1. The fourth-order valence-corrected chi connectivity index (χ4v) is 1.59. The Bertz CT molecular complexity index is 607. The van der Waals surface area contributed by atoms with E-state index in [4.69, 9.17) is 21.1 Å². The van der Waals surface area contributed by atoms with Crippen LogP contribution in [-0.4, -0.2) is 29.6 Å². The first-order chi connectivity index (χ1) is 9.69. The highest BCUT2D eigenvalue weighted by atomic mass is 35.5. The number of anilines is 1. The standard InChI is InChI=1S/C13H12ClN3O3/c1-19-13-6-11(15-8-16-13)17-12(18)7-20-10-5-3-2-4-9(10)14/h2-6,8H,7H2,1H3,(H,15,16,17,18). The lowest BCUT2D eigenvalue weighted by molar-refractivity contribution is -0.118. The van der Waals surface area contributed by atoms with Crippen molar-refractivity contribution in [3.8, 4) is 11.6 Å². The van der Waals surface area contributed by atoms with E-state index in [0.29, 0.717) is 22.5 Å². The highest BCUT2D eigenvalue weighted by Gasteiger charge is 2.07. The van der Waals surface area contributed by atoms with Gasteiger partial charge in [-0.15, -0.1) is 0 Å². The van der Waals surface area contributed by atoms with Gasteiger partial charge in [0.1, 0.15) is 17.9 Å². The molecule has 2 rings (SSSR count). The van der Waals surface area contributed by atoms with E-state index in [9.17, 15) is 4.79 Å². The molecule has 1 N–H and O–H groups in total. The van der Waals surface area contributed by atoms with Crippen molar-refractivity contribution in [2.45, 2.75) is 0 Å². The highest BCUT2D eigenvalue weighted by molar-refractivity contribution is 6.32. The molecule has 2 aromatic rings. The fraction of sp³-hybridized carbons (Fsp3) is 0.154. The van der Waals surface area contributed by atoms with Gasteiger partial charge in [-0.3, -0.25) is 4.79 Å². The summed E-state index contributed by atoms with van der Waals surface area (Å²) in [7, 11) is 1.48. The van der Waals surface area contributed by atoms with Gasteiger partial charge in [-0.1, -0.05) is 23.7 Å². The van der Waals surface area contributed by atoms with E-state index in [1.54, 1.807) is 24.3 Å². The number of hydrogen-bond donors (Lipinski definition) is 1. The average Bonchev–Trinajstić information content (AvgIpc) is 2.46. The molecule has 104 valence electrons. The van der Waals surface area contributed by atoms with Crippen molar-refractivity contribution in [1.82, 2.24) is 9.97 Å². The molecule has 7 heteroatoms. The summed E-state index contributed by atoms with van der Waals surface area (Å²) < 4.78 is 10.2. The van der Waals surface area contributed by atoms with Crippen LogP contribution in [0.3, 0.4) is 0 Å². The van der Waals surface area contributed by atoms with Crippen molar-refractivity contribution < 1.29 is 14.3 Å². The van der Waals surface area contributed by atoms with E-state index in [1.165, 1.54) is 19.5 Å². The number of nitrogens with one attached hydrogen (secondary N) is 1. The molecule has 0 atom stereocenters. The molecule has 0 aliphatic rings. The first-order valence-electron chi connectivity index (χ1n) is 5.72. The minimum absolute atomic E-state index is 0.171. The number of para-hydroxylation sites is 1. The molecule has 0 aliphatic heterocycles. The van der Waals surface area contributed by atoms with Crippen LogP contribution >= 0.6 is 11.6 Å². The van der Waals surface area contributed by atoms with Crippen LogP contribution in [0.5, 0.6) is 11.6 Å². The van der Waals surface area contributed by atoms with E-state index in [0.717, 1.165) is 0 Å². The molecule has 0 saturated carbocycles. The number of carbonyl (C=O) groups excluding carboxylic acids is 1. The summed E-state index contributed by atoms with van der Waals surface area (Å²) >= 11 is 5.91. The molecule has 6 nitrogen and oxygen atoms in total. The molecule has 0 bridgehead atoms. The van der Waals surface area contributed by atoms with Crippen LogP contribution in [0.15, 0.2) is 36.7 Å². The molecule has 1 aromatic carbocycles. The van der Waals surface area contributed by atoms with Crippen molar-refractivity contribution in [3.63, 3.8) is 0 Å². The van der Waals surface area contributed by atoms with Gasteiger partial charge < -0.3 is 14.8 Å². The maximum absolute atomic E-state index is 11.7. The Morgan fingerprint density at radius 3 is 2.90 bits per heavy atom. The average molecular weight is 294 g/mol. The van der Waals surface area contributed by atoms with Crippen LogP contribution < -0.4 is 14.8 Å². The molecular weight excluding hydrogens is 282 g/mol. The molecule has 1 aromatic heterocycles. The molecular formula is C13H12ClN3O3. The highest BCUT2D eigenvalue weighted by Crippen LogP contribution is 2.22. The summed E-state index contributed by atoms with van der Waals surface area (Å²) in [4.78, 5) is 19.4. The second-order valence-corrected chi connectivity index (χ2v) is 4.12. The maximum atomic E-state index is 11.7. The second kappa shape index (κ2) is 6.72. The minimum Gasteiger partial charge on any atom is -0.482 e. The van der Waals surface area contributed by atoms with E-state index >= 15 is 0 Å². The van der Waals surface area contributed by atoms with Gasteiger partial charge in [-0.2, -0.15) is 0 Å². The van der Waals surface area contributed by atoms with Crippen LogP contribution in [0.25, 0.3) is 0 Å². The molecule has 0 unspecified atom stereocenters. The number of halogens is 1. The Hall–Kier alpha value is -2.34. The van der Waals surface area contributed by atoms with Gasteiger partial charge in [0, 0.05) is 6.07 Å². The molecule has 1 amide bonds. The lowest BCUT2D eigenvalue weighted by Gasteiger charge is -2.08. The lowest BCUT2D eigenvalue weighted by Crippen LogP contribution is -2.20. The summed E-state index contributed by atoms with van der Waals surface area (Å²) in [6, 6.07) is 8.43. The zero-order valence-corrected chi connectivity index (χ0v) is 11.4. The Morgan fingerprint density at radius 1 is 1.35 bits per heavy atom. The van der Waals surface area contributed by atoms with Crippen LogP contribution in [0.4, 0.5) is 5.82 Å². The molecule has 20 heavy (non-hydrogen) atoms. The quantitative estimate of drug-likeness (QED) is 0.914. The third-order valence-electron chi connectivity index (χ3n) is 2.31. The normalized spacial score (nSPS) is 9.90. The smallest absolute Gasteiger partial charge is 0.263 e. The molecule has 0 aliphatic carbocycles. The first-order valence-corrected chi connectivity index (χ1v) is 6.10. The van der Waals surface area contributed by atoms with Crippen LogP contribution in [0.1, 0.15) is 0 Å². The largest absolute Gasteiger partial charge is 0.482 e. The predicted octanol–water partition coefficient (Wildman–Crippen LogP) is 2.16. The number of benzene rings is 1. The number of ether oxygens (including phenoxy) is 2. The third-order valence-corrected chi connectivity index (χ3v) is 2.63. The third kappa shape index (κ3) is 3.83. The van der Waals surface area contributed by atoms with Crippen LogP contribution in [0.2, 0.25) is 5.02 Å². The Morgan fingerprint density at radius 2 is 2.15 bits per heavy atom. The molecule has 0 fully saturated rings.